The largest absolute Gasteiger partial charge is 0.497 e. The van der Waals surface area contributed by atoms with E-state index < -0.39 is 6.04 Å². The van der Waals surface area contributed by atoms with Crippen molar-refractivity contribution >= 4 is 23.4 Å². The van der Waals surface area contributed by atoms with E-state index in [1.54, 1.807) is 50.5 Å². The molecule has 1 atom stereocenters. The molecular weight excluding hydrogens is 552 g/mol. The van der Waals surface area contributed by atoms with Gasteiger partial charge < -0.3 is 24.4 Å². The number of methoxy groups -OCH3 is 3. The fourth-order valence-electron chi connectivity index (χ4n) is 4.70. The van der Waals surface area contributed by atoms with Gasteiger partial charge in [-0.05, 0) is 65.1 Å². The summed E-state index contributed by atoms with van der Waals surface area (Å²) >= 11 is 6.13. The molecular formula is C34H35ClN2O5. The molecule has 4 aromatic rings. The van der Waals surface area contributed by atoms with Crippen molar-refractivity contribution in [2.45, 2.75) is 25.4 Å². The summed E-state index contributed by atoms with van der Waals surface area (Å²) in [6, 6.07) is 28.9. The Morgan fingerprint density at radius 3 is 2.05 bits per heavy atom. The molecule has 0 bridgehead atoms. The number of halogens is 1. The van der Waals surface area contributed by atoms with Crippen molar-refractivity contribution in [3.8, 4) is 17.2 Å². The lowest BCUT2D eigenvalue weighted by atomic mass is 10.0. The van der Waals surface area contributed by atoms with Gasteiger partial charge in [0.2, 0.25) is 11.8 Å². The molecule has 218 valence electrons. The highest BCUT2D eigenvalue weighted by atomic mass is 35.5. The zero-order valence-corrected chi connectivity index (χ0v) is 24.8. The average molecular weight is 587 g/mol. The Hall–Kier alpha value is -4.49. The minimum absolute atomic E-state index is 0.0659. The van der Waals surface area contributed by atoms with E-state index in [2.05, 4.69) is 5.32 Å². The number of rotatable bonds is 13. The number of amides is 2. The van der Waals surface area contributed by atoms with E-state index in [-0.39, 0.29) is 24.8 Å². The van der Waals surface area contributed by atoms with E-state index in [1.165, 1.54) is 0 Å². The van der Waals surface area contributed by atoms with E-state index in [1.807, 2.05) is 72.8 Å². The van der Waals surface area contributed by atoms with E-state index in [9.17, 15) is 9.59 Å². The minimum Gasteiger partial charge on any atom is -0.497 e. The van der Waals surface area contributed by atoms with Crippen LogP contribution < -0.4 is 19.5 Å². The van der Waals surface area contributed by atoms with Crippen LogP contribution >= 0.6 is 11.6 Å². The zero-order chi connectivity index (χ0) is 29.9. The van der Waals surface area contributed by atoms with Crippen LogP contribution in [0.4, 0.5) is 0 Å². The lowest BCUT2D eigenvalue weighted by Gasteiger charge is -2.32. The minimum atomic E-state index is -0.856. The van der Waals surface area contributed by atoms with Crippen LogP contribution in [0.1, 0.15) is 28.3 Å². The number of hydrogen-bond acceptors (Lipinski definition) is 5. The molecule has 2 amide bonds. The van der Waals surface area contributed by atoms with Gasteiger partial charge in [-0.15, -0.1) is 0 Å². The second kappa shape index (κ2) is 14.9. The van der Waals surface area contributed by atoms with Crippen LogP contribution in [0.2, 0.25) is 5.02 Å². The lowest BCUT2D eigenvalue weighted by molar-refractivity contribution is -0.141. The van der Waals surface area contributed by atoms with Crippen molar-refractivity contribution < 1.29 is 23.8 Å². The molecule has 0 saturated carbocycles. The number of carbonyl (C=O) groups is 2. The summed E-state index contributed by atoms with van der Waals surface area (Å²) < 4.78 is 16.0. The van der Waals surface area contributed by atoms with Crippen LogP contribution in [0, 0.1) is 0 Å². The van der Waals surface area contributed by atoms with Crippen LogP contribution in [0.25, 0.3) is 0 Å². The summed E-state index contributed by atoms with van der Waals surface area (Å²) in [5.41, 5.74) is 3.38. The summed E-state index contributed by atoms with van der Waals surface area (Å²) in [6.07, 6.45) is 0.699. The first-order valence-corrected chi connectivity index (χ1v) is 14.0. The van der Waals surface area contributed by atoms with Gasteiger partial charge >= 0.3 is 0 Å². The third kappa shape index (κ3) is 8.04. The van der Waals surface area contributed by atoms with E-state index in [0.717, 1.165) is 22.4 Å². The van der Waals surface area contributed by atoms with Crippen molar-refractivity contribution in [3.05, 3.63) is 124 Å². The number of hydrogen-bond donors (Lipinski definition) is 1. The first-order chi connectivity index (χ1) is 20.4. The fraction of sp³-hybridized carbons (Fsp3) is 0.235. The number of nitrogens with zero attached hydrogens (tertiary/aromatic N) is 1. The van der Waals surface area contributed by atoms with Crippen molar-refractivity contribution in [2.75, 3.05) is 27.9 Å². The van der Waals surface area contributed by atoms with Crippen molar-refractivity contribution in [2.24, 2.45) is 0 Å². The number of benzene rings is 4. The predicted molar refractivity (Wildman–Crippen MR) is 164 cm³/mol. The number of nitrogens with one attached hydrogen (secondary N) is 1. The second-order valence-electron chi connectivity index (χ2n) is 9.72. The molecule has 0 aliphatic rings. The summed E-state index contributed by atoms with van der Waals surface area (Å²) in [7, 11) is 4.74. The average Bonchev–Trinajstić information content (AvgIpc) is 3.02. The Morgan fingerprint density at radius 2 is 1.40 bits per heavy atom. The molecule has 42 heavy (non-hydrogen) atoms. The van der Waals surface area contributed by atoms with Gasteiger partial charge in [-0.1, -0.05) is 72.3 Å². The summed E-state index contributed by atoms with van der Waals surface area (Å²) in [4.78, 5) is 29.6. The topological polar surface area (TPSA) is 77.1 Å². The third-order valence-electron chi connectivity index (χ3n) is 6.94. The smallest absolute Gasteiger partial charge is 0.247 e. The highest BCUT2D eigenvalue weighted by molar-refractivity contribution is 6.30. The maximum absolute atomic E-state index is 14.0. The maximum atomic E-state index is 14.0. The molecule has 0 saturated heterocycles. The van der Waals surface area contributed by atoms with E-state index in [0.29, 0.717) is 35.1 Å². The molecule has 4 rings (SSSR count). The summed E-state index contributed by atoms with van der Waals surface area (Å²) in [5, 5.41) is 3.66. The van der Waals surface area contributed by atoms with Gasteiger partial charge in [0.15, 0.2) is 11.5 Å². The SMILES string of the molecule is COc1ccc(CCNC(=O)C(c2ccccc2)N(Cc2ccc(Cl)cc2)C(=O)Cc2ccc(OC)c(OC)c2)cc1. The Labute approximate surface area is 252 Å². The Kier molecular flexibility index (Phi) is 10.8. The standard InChI is InChI=1S/C34H35ClN2O5/c1-40-29-16-11-24(12-17-29)19-20-36-34(39)33(27-7-5-4-6-8-27)37(23-25-9-14-28(35)15-10-25)32(38)22-26-13-18-30(41-2)31(21-26)42-3/h4-18,21,33H,19-20,22-23H2,1-3H3,(H,36,39). The van der Waals surface area contributed by atoms with Gasteiger partial charge in [0.25, 0.3) is 0 Å². The first-order valence-electron chi connectivity index (χ1n) is 13.6. The molecule has 0 heterocycles. The van der Waals surface area contributed by atoms with Crippen LogP contribution in [0.3, 0.4) is 0 Å². The summed E-state index contributed by atoms with van der Waals surface area (Å²) in [5.74, 6) is 1.41. The van der Waals surface area contributed by atoms with Crippen LogP contribution in [-0.4, -0.2) is 44.6 Å². The van der Waals surface area contributed by atoms with Gasteiger partial charge in [0.05, 0.1) is 27.8 Å². The quantitative estimate of drug-likeness (QED) is 0.207. The highest BCUT2D eigenvalue weighted by Gasteiger charge is 2.31. The normalized spacial score (nSPS) is 11.3. The molecule has 0 fully saturated rings. The number of carbonyl (C=O) groups excluding carboxylic acids is 2. The van der Waals surface area contributed by atoms with Crippen molar-refractivity contribution in [1.82, 2.24) is 10.2 Å². The molecule has 0 aromatic heterocycles. The van der Waals surface area contributed by atoms with Gasteiger partial charge in [-0.3, -0.25) is 9.59 Å². The summed E-state index contributed by atoms with van der Waals surface area (Å²) in [6.45, 7) is 0.627. The van der Waals surface area contributed by atoms with Crippen LogP contribution in [0.15, 0.2) is 97.1 Å². The predicted octanol–water partition coefficient (Wildman–Crippen LogP) is 6.04. The first kappa shape index (κ1) is 30.5. The van der Waals surface area contributed by atoms with E-state index >= 15 is 0 Å². The molecule has 0 aliphatic heterocycles. The van der Waals surface area contributed by atoms with Crippen molar-refractivity contribution in [1.29, 1.82) is 0 Å². The van der Waals surface area contributed by atoms with Gasteiger partial charge in [0.1, 0.15) is 11.8 Å². The monoisotopic (exact) mass is 586 g/mol. The Balaban J connectivity index is 1.62. The molecule has 1 N–H and O–H groups in total. The molecule has 8 heteroatoms. The van der Waals surface area contributed by atoms with Crippen molar-refractivity contribution in [3.63, 3.8) is 0 Å². The Morgan fingerprint density at radius 1 is 0.762 bits per heavy atom. The Bertz CT molecular complexity index is 1460. The highest BCUT2D eigenvalue weighted by Crippen LogP contribution is 2.30. The lowest BCUT2D eigenvalue weighted by Crippen LogP contribution is -2.44. The molecule has 1 unspecified atom stereocenters. The van der Waals surface area contributed by atoms with Crippen LogP contribution in [0.5, 0.6) is 17.2 Å². The maximum Gasteiger partial charge on any atom is 0.247 e. The molecule has 0 aliphatic carbocycles. The molecule has 0 radical (unpaired) electrons. The fourth-order valence-corrected chi connectivity index (χ4v) is 4.83. The van der Waals surface area contributed by atoms with E-state index in [4.69, 9.17) is 25.8 Å². The molecule has 0 spiro atoms. The third-order valence-corrected chi connectivity index (χ3v) is 7.19. The zero-order valence-electron chi connectivity index (χ0n) is 24.0. The van der Waals surface area contributed by atoms with Gasteiger partial charge in [0, 0.05) is 18.1 Å². The second-order valence-corrected chi connectivity index (χ2v) is 10.2. The van der Waals surface area contributed by atoms with Crippen LogP contribution in [-0.2, 0) is 29.0 Å². The van der Waals surface area contributed by atoms with Gasteiger partial charge in [-0.25, -0.2) is 0 Å². The molecule has 4 aromatic carbocycles. The van der Waals surface area contributed by atoms with Gasteiger partial charge in [-0.2, -0.15) is 0 Å². The molecule has 7 nitrogen and oxygen atoms in total. The number of ether oxygens (including phenoxy) is 3.